The van der Waals surface area contributed by atoms with Gasteiger partial charge in [-0.1, -0.05) is 6.07 Å². The highest BCUT2D eigenvalue weighted by molar-refractivity contribution is 7.14. The molecule has 9 nitrogen and oxygen atoms in total. The average Bonchev–Trinajstić information content (AvgIpc) is 3.53. The van der Waals surface area contributed by atoms with E-state index in [-0.39, 0.29) is 5.57 Å². The Balaban J connectivity index is 1.74. The van der Waals surface area contributed by atoms with Gasteiger partial charge < -0.3 is 24.0 Å². The number of carbonyl (C=O) groups excluding carboxylic acids is 2. The molecule has 3 heterocycles. The molecule has 1 N–H and O–H groups in total. The number of methoxy groups -OCH3 is 2. The van der Waals surface area contributed by atoms with Gasteiger partial charge in [0.15, 0.2) is 17.3 Å². The summed E-state index contributed by atoms with van der Waals surface area (Å²) in [5.41, 5.74) is 1.26. The van der Waals surface area contributed by atoms with Crippen LogP contribution in [0.15, 0.2) is 48.3 Å². The van der Waals surface area contributed by atoms with E-state index < -0.39 is 23.5 Å². The normalized spacial score (nSPS) is 15.8. The van der Waals surface area contributed by atoms with Crippen molar-refractivity contribution in [3.8, 4) is 11.5 Å². The molecular formula is C24H26N4O5S. The summed E-state index contributed by atoms with van der Waals surface area (Å²) in [7, 11) is 3.06. The quantitative estimate of drug-likeness (QED) is 0.464. The number of ketones is 1. The van der Waals surface area contributed by atoms with Crippen LogP contribution in [0.5, 0.6) is 11.5 Å². The highest BCUT2D eigenvalue weighted by Crippen LogP contribution is 2.42. The molecule has 1 aliphatic rings. The Morgan fingerprint density at radius 3 is 2.56 bits per heavy atom. The summed E-state index contributed by atoms with van der Waals surface area (Å²) in [6, 6.07) is 4.46. The van der Waals surface area contributed by atoms with Crippen LogP contribution in [-0.4, -0.2) is 57.0 Å². The number of ether oxygens (including phenoxy) is 2. The number of hydrogen-bond acceptors (Lipinski definition) is 8. The van der Waals surface area contributed by atoms with Crippen molar-refractivity contribution in [3.05, 3.63) is 69.4 Å². The van der Waals surface area contributed by atoms with Crippen molar-refractivity contribution >= 4 is 23.0 Å². The van der Waals surface area contributed by atoms with Crippen molar-refractivity contribution in [2.75, 3.05) is 20.8 Å². The van der Waals surface area contributed by atoms with Gasteiger partial charge >= 0.3 is 0 Å². The van der Waals surface area contributed by atoms with Crippen LogP contribution in [0.2, 0.25) is 0 Å². The van der Waals surface area contributed by atoms with E-state index in [1.807, 2.05) is 17.7 Å². The number of aliphatic hydroxyl groups excluding tert-OH is 1. The van der Waals surface area contributed by atoms with Gasteiger partial charge in [0.25, 0.3) is 5.91 Å². The van der Waals surface area contributed by atoms with Gasteiger partial charge in [-0.15, -0.1) is 11.3 Å². The summed E-state index contributed by atoms with van der Waals surface area (Å²) in [6.45, 7) is 4.54. The van der Waals surface area contributed by atoms with Crippen molar-refractivity contribution < 1.29 is 24.2 Å². The molecule has 0 radical (unpaired) electrons. The maximum atomic E-state index is 13.6. The number of carbonyl (C=O) groups is 2. The predicted molar refractivity (Wildman–Crippen MR) is 126 cm³/mol. The number of benzene rings is 1. The molecule has 1 amide bonds. The fourth-order valence-electron chi connectivity index (χ4n) is 4.19. The molecule has 34 heavy (non-hydrogen) atoms. The standard InChI is InChI=1S/C24H26N4O5S/c1-14-23(34-15(2)26-14)21(29)19-20(16-6-7-17(32-3)18(12-16)33-4)28(24(31)22(19)30)10-5-9-27-11-8-25-13-27/h6-8,11-13,20,30H,5,9-10H2,1-4H3/t20-/m1/s1. The molecule has 0 spiro atoms. The van der Waals surface area contributed by atoms with Gasteiger partial charge in [0.1, 0.15) is 0 Å². The van der Waals surface area contributed by atoms with Crippen molar-refractivity contribution in [1.29, 1.82) is 0 Å². The summed E-state index contributed by atoms with van der Waals surface area (Å²) >= 11 is 1.25. The van der Waals surface area contributed by atoms with Gasteiger partial charge in [-0.3, -0.25) is 9.59 Å². The number of imidazole rings is 1. The Morgan fingerprint density at radius 1 is 1.18 bits per heavy atom. The molecule has 1 atom stereocenters. The summed E-state index contributed by atoms with van der Waals surface area (Å²) in [4.78, 5) is 37.1. The lowest BCUT2D eigenvalue weighted by Crippen LogP contribution is -2.32. The molecule has 10 heteroatoms. The lowest BCUT2D eigenvalue weighted by atomic mass is 9.94. The molecule has 1 aromatic carbocycles. The predicted octanol–water partition coefficient (Wildman–Crippen LogP) is 3.64. The van der Waals surface area contributed by atoms with Crippen LogP contribution >= 0.6 is 11.3 Å². The number of rotatable bonds is 9. The Bertz CT molecular complexity index is 1250. The highest BCUT2D eigenvalue weighted by atomic mass is 32.1. The minimum absolute atomic E-state index is 0.0478. The average molecular weight is 483 g/mol. The lowest BCUT2D eigenvalue weighted by molar-refractivity contribution is -0.129. The molecule has 4 rings (SSSR count). The molecule has 0 bridgehead atoms. The number of aromatic nitrogens is 3. The molecular weight excluding hydrogens is 456 g/mol. The van der Waals surface area contributed by atoms with E-state index in [9.17, 15) is 14.7 Å². The van der Waals surface area contributed by atoms with Crippen LogP contribution in [0.25, 0.3) is 0 Å². The SMILES string of the molecule is COc1ccc([C@@H]2C(C(=O)c3sc(C)nc3C)=C(O)C(=O)N2CCCn2ccnc2)cc1OC. The first kappa shape index (κ1) is 23.5. The third kappa shape index (κ3) is 4.28. The fraction of sp³-hybridized carbons (Fsp3) is 0.333. The third-order valence-corrected chi connectivity index (χ3v) is 6.83. The van der Waals surface area contributed by atoms with E-state index in [2.05, 4.69) is 9.97 Å². The minimum atomic E-state index is -0.774. The van der Waals surface area contributed by atoms with E-state index in [0.717, 1.165) is 5.01 Å². The molecule has 0 aliphatic carbocycles. The zero-order chi connectivity index (χ0) is 24.4. The first-order chi connectivity index (χ1) is 16.3. The maximum Gasteiger partial charge on any atom is 0.290 e. The van der Waals surface area contributed by atoms with Gasteiger partial charge in [-0.25, -0.2) is 9.97 Å². The smallest absolute Gasteiger partial charge is 0.290 e. The van der Waals surface area contributed by atoms with Gasteiger partial charge in [-0.05, 0) is 38.0 Å². The lowest BCUT2D eigenvalue weighted by Gasteiger charge is -2.27. The minimum Gasteiger partial charge on any atom is -0.503 e. The van der Waals surface area contributed by atoms with Crippen molar-refractivity contribution in [2.24, 2.45) is 0 Å². The maximum absolute atomic E-state index is 13.6. The Labute approximate surface area is 201 Å². The molecule has 178 valence electrons. The van der Waals surface area contributed by atoms with Crippen LogP contribution in [0.1, 0.15) is 38.4 Å². The van der Waals surface area contributed by atoms with E-state index >= 15 is 0 Å². The summed E-state index contributed by atoms with van der Waals surface area (Å²) < 4.78 is 12.7. The van der Waals surface area contributed by atoms with Crippen LogP contribution < -0.4 is 9.47 Å². The molecule has 0 saturated heterocycles. The van der Waals surface area contributed by atoms with Crippen LogP contribution in [0.4, 0.5) is 0 Å². The summed E-state index contributed by atoms with van der Waals surface area (Å²) in [6.07, 6.45) is 5.85. The van der Waals surface area contributed by atoms with Crippen molar-refractivity contribution in [1.82, 2.24) is 19.4 Å². The zero-order valence-electron chi connectivity index (χ0n) is 19.4. The first-order valence-electron chi connectivity index (χ1n) is 10.8. The number of amides is 1. The number of Topliss-reactive ketones (excluding diaryl/α,β-unsaturated/α-hetero) is 1. The second kappa shape index (κ2) is 9.68. The molecule has 1 aliphatic heterocycles. The second-order valence-electron chi connectivity index (χ2n) is 7.91. The van der Waals surface area contributed by atoms with E-state index in [0.29, 0.717) is 47.1 Å². The van der Waals surface area contributed by atoms with Crippen LogP contribution in [0, 0.1) is 13.8 Å². The second-order valence-corrected chi connectivity index (χ2v) is 9.11. The number of thiazole rings is 1. The largest absolute Gasteiger partial charge is 0.503 e. The van der Waals surface area contributed by atoms with Gasteiger partial charge in [0.05, 0.1) is 47.7 Å². The third-order valence-electron chi connectivity index (χ3n) is 5.76. The molecule has 0 saturated carbocycles. The van der Waals surface area contributed by atoms with Crippen LogP contribution in [-0.2, 0) is 11.3 Å². The monoisotopic (exact) mass is 482 g/mol. The number of aliphatic hydroxyl groups is 1. The molecule has 0 unspecified atom stereocenters. The number of hydrogen-bond donors (Lipinski definition) is 1. The van der Waals surface area contributed by atoms with E-state index in [1.165, 1.54) is 30.5 Å². The first-order valence-corrected chi connectivity index (χ1v) is 11.6. The fourth-order valence-corrected chi connectivity index (χ4v) is 5.07. The Morgan fingerprint density at radius 2 is 1.94 bits per heavy atom. The molecule has 3 aromatic rings. The van der Waals surface area contributed by atoms with Crippen molar-refractivity contribution in [3.63, 3.8) is 0 Å². The number of nitrogens with zero attached hydrogens (tertiary/aromatic N) is 4. The van der Waals surface area contributed by atoms with Gasteiger partial charge in [0, 0.05) is 25.5 Å². The Hall–Kier alpha value is -3.66. The van der Waals surface area contributed by atoms with Crippen LogP contribution in [0.3, 0.4) is 0 Å². The van der Waals surface area contributed by atoms with Gasteiger partial charge in [0.2, 0.25) is 5.78 Å². The highest BCUT2D eigenvalue weighted by Gasteiger charge is 2.44. The summed E-state index contributed by atoms with van der Waals surface area (Å²) in [5, 5.41) is 11.6. The summed E-state index contributed by atoms with van der Waals surface area (Å²) in [5.74, 6) is -0.512. The molecule has 0 fully saturated rings. The molecule has 2 aromatic heterocycles. The topological polar surface area (TPSA) is 107 Å². The van der Waals surface area contributed by atoms with Gasteiger partial charge in [-0.2, -0.15) is 0 Å². The van der Waals surface area contributed by atoms with E-state index in [4.69, 9.17) is 9.47 Å². The van der Waals surface area contributed by atoms with E-state index in [1.54, 1.807) is 37.6 Å². The number of aryl methyl sites for hydroxylation is 3. The Kier molecular flexibility index (Phi) is 6.69. The zero-order valence-corrected chi connectivity index (χ0v) is 20.3. The van der Waals surface area contributed by atoms with Crippen molar-refractivity contribution in [2.45, 2.75) is 32.9 Å².